The normalized spacial score (nSPS) is 26.2. The summed E-state index contributed by atoms with van der Waals surface area (Å²) in [5.41, 5.74) is 5.79. The first-order valence-corrected chi connectivity index (χ1v) is 6.17. The van der Waals surface area contributed by atoms with Crippen LogP contribution in [-0.2, 0) is 4.74 Å². The third kappa shape index (κ3) is 1.94. The van der Waals surface area contributed by atoms with Crippen molar-refractivity contribution in [1.82, 2.24) is 14.5 Å². The third-order valence-corrected chi connectivity index (χ3v) is 3.43. The summed E-state index contributed by atoms with van der Waals surface area (Å²) in [6, 6.07) is 1.35. The Kier molecular flexibility index (Phi) is 3.13. The van der Waals surface area contributed by atoms with Gasteiger partial charge in [0, 0.05) is 18.7 Å². The summed E-state index contributed by atoms with van der Waals surface area (Å²) in [6.07, 6.45) is 1.18. The third-order valence-electron chi connectivity index (χ3n) is 3.43. The van der Waals surface area contributed by atoms with Gasteiger partial charge in [0.1, 0.15) is 29.9 Å². The number of hydrogen-bond donors (Lipinski definition) is 3. The van der Waals surface area contributed by atoms with Crippen LogP contribution in [0, 0.1) is 0 Å². The van der Waals surface area contributed by atoms with E-state index in [-0.39, 0.29) is 23.2 Å². The van der Waals surface area contributed by atoms with Gasteiger partial charge in [-0.3, -0.25) is 4.79 Å². The summed E-state index contributed by atoms with van der Waals surface area (Å²) >= 11 is 0. The number of aliphatic hydroxyl groups is 2. The highest BCUT2D eigenvalue weighted by Crippen LogP contribution is 2.30. The first-order valence-electron chi connectivity index (χ1n) is 6.17. The lowest BCUT2D eigenvalue weighted by molar-refractivity contribution is -0.0432. The standard InChI is InChI=1S/C12H14N4O4/c13-11-10-6(18)1-2-16(12(10)15-5-14-11)9-3-7(19)8(4-17)20-9/h1-2,5,7-9,17,19H,3-4H2,(H2,13,14,15). The summed E-state index contributed by atoms with van der Waals surface area (Å²) in [6.45, 7) is -0.271. The number of ether oxygens (including phenoxy) is 1. The summed E-state index contributed by atoms with van der Waals surface area (Å²) in [5, 5.41) is 19.1. The van der Waals surface area contributed by atoms with Gasteiger partial charge in [0.15, 0.2) is 11.1 Å². The Balaban J connectivity index is 2.12. The summed E-state index contributed by atoms with van der Waals surface area (Å²) in [4.78, 5) is 19.7. The maximum Gasteiger partial charge on any atom is 0.194 e. The molecule has 106 valence electrons. The molecule has 2 aromatic rings. The molecule has 1 fully saturated rings. The van der Waals surface area contributed by atoms with Crippen molar-refractivity contribution < 1.29 is 14.9 Å². The predicted octanol–water partition coefficient (Wildman–Crippen LogP) is -0.986. The van der Waals surface area contributed by atoms with E-state index in [1.54, 1.807) is 4.57 Å². The molecule has 2 aromatic heterocycles. The Morgan fingerprint density at radius 1 is 1.50 bits per heavy atom. The second kappa shape index (κ2) is 4.82. The molecule has 4 N–H and O–H groups in total. The Morgan fingerprint density at radius 2 is 2.30 bits per heavy atom. The molecule has 0 radical (unpaired) electrons. The number of pyridine rings is 1. The first kappa shape index (κ1) is 13.0. The predicted molar refractivity (Wildman–Crippen MR) is 69.8 cm³/mol. The van der Waals surface area contributed by atoms with Gasteiger partial charge in [-0.25, -0.2) is 9.97 Å². The smallest absolute Gasteiger partial charge is 0.194 e. The van der Waals surface area contributed by atoms with Crippen LogP contribution >= 0.6 is 0 Å². The van der Waals surface area contributed by atoms with Crippen LogP contribution in [0.1, 0.15) is 12.6 Å². The van der Waals surface area contributed by atoms with Gasteiger partial charge < -0.3 is 25.3 Å². The molecule has 0 bridgehead atoms. The van der Waals surface area contributed by atoms with Crippen molar-refractivity contribution in [2.24, 2.45) is 0 Å². The average Bonchev–Trinajstić information content (AvgIpc) is 2.80. The number of hydrogen-bond acceptors (Lipinski definition) is 7. The van der Waals surface area contributed by atoms with Crippen LogP contribution in [0.25, 0.3) is 11.0 Å². The second-order valence-electron chi connectivity index (χ2n) is 4.66. The highest BCUT2D eigenvalue weighted by Gasteiger charge is 2.34. The molecule has 1 saturated heterocycles. The minimum absolute atomic E-state index is 0.103. The molecule has 0 amide bonds. The fourth-order valence-electron chi connectivity index (χ4n) is 2.41. The number of nitrogens with zero attached hydrogens (tertiary/aromatic N) is 3. The lowest BCUT2D eigenvalue weighted by atomic mass is 10.2. The van der Waals surface area contributed by atoms with Crippen molar-refractivity contribution >= 4 is 16.9 Å². The number of aliphatic hydroxyl groups excluding tert-OH is 2. The number of nitrogen functional groups attached to an aromatic ring is 1. The lowest BCUT2D eigenvalue weighted by Crippen LogP contribution is -2.24. The van der Waals surface area contributed by atoms with Crippen LogP contribution in [0.3, 0.4) is 0 Å². The minimum Gasteiger partial charge on any atom is -0.394 e. The molecular weight excluding hydrogens is 264 g/mol. The van der Waals surface area contributed by atoms with Gasteiger partial charge in [0.25, 0.3) is 0 Å². The monoisotopic (exact) mass is 278 g/mol. The van der Waals surface area contributed by atoms with E-state index in [0.717, 1.165) is 0 Å². The molecule has 3 unspecified atom stereocenters. The van der Waals surface area contributed by atoms with Crippen molar-refractivity contribution in [2.45, 2.75) is 24.9 Å². The number of nitrogens with two attached hydrogens (primary N) is 1. The largest absolute Gasteiger partial charge is 0.394 e. The molecule has 8 nitrogen and oxygen atoms in total. The Labute approximate surface area is 113 Å². The van der Waals surface area contributed by atoms with Crippen LogP contribution in [0.5, 0.6) is 0 Å². The van der Waals surface area contributed by atoms with E-state index in [1.807, 2.05) is 0 Å². The number of anilines is 1. The molecule has 1 aliphatic heterocycles. The average molecular weight is 278 g/mol. The maximum atomic E-state index is 11.8. The van der Waals surface area contributed by atoms with Gasteiger partial charge in [-0.1, -0.05) is 0 Å². The van der Waals surface area contributed by atoms with E-state index in [4.69, 9.17) is 15.6 Å². The molecule has 3 rings (SSSR count). The molecule has 8 heteroatoms. The Hall–Kier alpha value is -2.03. The zero-order chi connectivity index (χ0) is 14.3. The molecule has 0 saturated carbocycles. The van der Waals surface area contributed by atoms with Gasteiger partial charge in [0.2, 0.25) is 0 Å². The van der Waals surface area contributed by atoms with Gasteiger partial charge in [-0.05, 0) is 0 Å². The van der Waals surface area contributed by atoms with E-state index < -0.39 is 18.4 Å². The van der Waals surface area contributed by atoms with Crippen molar-refractivity contribution in [2.75, 3.05) is 12.3 Å². The fourth-order valence-corrected chi connectivity index (χ4v) is 2.41. The molecule has 3 heterocycles. The number of rotatable bonds is 2. The first-order chi connectivity index (χ1) is 9.61. The SMILES string of the molecule is Nc1ncnc2c1c(=O)ccn2C1CC(O)C(CO)O1. The lowest BCUT2D eigenvalue weighted by Gasteiger charge is -2.17. The summed E-state index contributed by atoms with van der Waals surface area (Å²) in [7, 11) is 0. The zero-order valence-electron chi connectivity index (χ0n) is 10.5. The van der Waals surface area contributed by atoms with Crippen LogP contribution in [0.4, 0.5) is 5.82 Å². The van der Waals surface area contributed by atoms with Crippen LogP contribution in [0.15, 0.2) is 23.4 Å². The van der Waals surface area contributed by atoms with Gasteiger partial charge in [-0.15, -0.1) is 0 Å². The maximum absolute atomic E-state index is 11.8. The quantitative estimate of drug-likeness (QED) is 0.644. The molecule has 20 heavy (non-hydrogen) atoms. The van der Waals surface area contributed by atoms with E-state index in [0.29, 0.717) is 12.1 Å². The van der Waals surface area contributed by atoms with Crippen LogP contribution < -0.4 is 11.2 Å². The summed E-state index contributed by atoms with van der Waals surface area (Å²) < 4.78 is 7.18. The fraction of sp³-hybridized carbons (Fsp3) is 0.417. The van der Waals surface area contributed by atoms with Gasteiger partial charge in [-0.2, -0.15) is 0 Å². The van der Waals surface area contributed by atoms with Crippen molar-refractivity contribution in [1.29, 1.82) is 0 Å². The molecule has 0 aromatic carbocycles. The highest BCUT2D eigenvalue weighted by atomic mass is 16.5. The van der Waals surface area contributed by atoms with Crippen molar-refractivity contribution in [3.8, 4) is 0 Å². The molecule has 3 atom stereocenters. The van der Waals surface area contributed by atoms with Crippen molar-refractivity contribution in [3.05, 3.63) is 28.8 Å². The Morgan fingerprint density at radius 3 is 3.00 bits per heavy atom. The topological polar surface area (TPSA) is 123 Å². The number of fused-ring (bicyclic) bond motifs is 1. The van der Waals surface area contributed by atoms with Crippen LogP contribution in [-0.4, -0.2) is 43.6 Å². The highest BCUT2D eigenvalue weighted by molar-refractivity contribution is 5.84. The molecule has 0 aliphatic carbocycles. The van der Waals surface area contributed by atoms with Crippen molar-refractivity contribution in [3.63, 3.8) is 0 Å². The zero-order valence-corrected chi connectivity index (χ0v) is 10.5. The molecular formula is C12H14N4O4. The minimum atomic E-state index is -0.765. The van der Waals surface area contributed by atoms with E-state index in [9.17, 15) is 9.90 Å². The van der Waals surface area contributed by atoms with E-state index in [2.05, 4.69) is 9.97 Å². The van der Waals surface area contributed by atoms with Gasteiger partial charge in [0.05, 0.1) is 12.7 Å². The van der Waals surface area contributed by atoms with E-state index >= 15 is 0 Å². The summed E-state index contributed by atoms with van der Waals surface area (Å²) in [5.74, 6) is 0.103. The van der Waals surface area contributed by atoms with Gasteiger partial charge >= 0.3 is 0 Å². The number of aromatic nitrogens is 3. The molecule has 1 aliphatic rings. The molecule has 0 spiro atoms. The van der Waals surface area contributed by atoms with E-state index in [1.165, 1.54) is 18.6 Å². The van der Waals surface area contributed by atoms with Crippen LogP contribution in [0.2, 0.25) is 0 Å². The second-order valence-corrected chi connectivity index (χ2v) is 4.66. The Bertz CT molecular complexity index is 701.